The molecule has 1 aliphatic rings. The minimum absolute atomic E-state index is 0.0740. The lowest BCUT2D eigenvalue weighted by Gasteiger charge is -2.32. The molecule has 1 aromatic heterocycles. The van der Waals surface area contributed by atoms with Gasteiger partial charge in [-0.25, -0.2) is 4.68 Å². The first kappa shape index (κ1) is 12.5. The predicted octanol–water partition coefficient (Wildman–Crippen LogP) is -1.92. The number of rotatable bonds is 3. The summed E-state index contributed by atoms with van der Waals surface area (Å²) < 4.78 is 1.43. The summed E-state index contributed by atoms with van der Waals surface area (Å²) in [6.45, 7) is 3.07. The highest BCUT2D eigenvalue weighted by Gasteiger charge is 2.29. The molecule has 3 N–H and O–H groups in total. The van der Waals surface area contributed by atoms with E-state index in [4.69, 9.17) is 5.73 Å². The molecule has 1 atom stereocenters. The first-order valence-electron chi connectivity index (χ1n) is 5.78. The van der Waals surface area contributed by atoms with Gasteiger partial charge in [-0.3, -0.25) is 9.59 Å². The van der Waals surface area contributed by atoms with E-state index in [2.05, 4.69) is 15.6 Å². The molecule has 1 unspecified atom stereocenters. The van der Waals surface area contributed by atoms with E-state index in [9.17, 15) is 9.59 Å². The zero-order valence-corrected chi connectivity index (χ0v) is 10.2. The quantitative estimate of drug-likeness (QED) is 0.652. The highest BCUT2D eigenvalue weighted by atomic mass is 16.2. The van der Waals surface area contributed by atoms with E-state index in [1.165, 1.54) is 4.68 Å². The van der Waals surface area contributed by atoms with E-state index >= 15 is 0 Å². The number of nitrogens with two attached hydrogens (primary N) is 1. The SMILES string of the molecule is CC1C(=O)NCCN1C(=O)Cn1cc(CN)nn1. The lowest BCUT2D eigenvalue weighted by molar-refractivity contribution is -0.143. The smallest absolute Gasteiger partial charge is 0.245 e. The minimum atomic E-state index is -0.441. The molecule has 2 heterocycles. The third-order valence-electron chi connectivity index (χ3n) is 2.91. The highest BCUT2D eigenvalue weighted by molar-refractivity contribution is 5.88. The number of hydrogen-bond acceptors (Lipinski definition) is 5. The maximum absolute atomic E-state index is 12.0. The maximum atomic E-state index is 12.0. The summed E-state index contributed by atoms with van der Waals surface area (Å²) in [4.78, 5) is 25.0. The molecular weight excluding hydrogens is 236 g/mol. The van der Waals surface area contributed by atoms with Gasteiger partial charge in [0.05, 0.1) is 11.9 Å². The molecule has 98 valence electrons. The molecule has 0 aliphatic carbocycles. The van der Waals surface area contributed by atoms with E-state index in [0.29, 0.717) is 18.8 Å². The van der Waals surface area contributed by atoms with Crippen molar-refractivity contribution in [1.82, 2.24) is 25.2 Å². The van der Waals surface area contributed by atoms with Crippen molar-refractivity contribution in [2.24, 2.45) is 5.73 Å². The van der Waals surface area contributed by atoms with Gasteiger partial charge in [-0.1, -0.05) is 5.21 Å². The Bertz CT molecular complexity index is 457. The predicted molar refractivity (Wildman–Crippen MR) is 62.1 cm³/mol. The number of nitrogens with one attached hydrogen (secondary N) is 1. The topological polar surface area (TPSA) is 106 Å². The van der Waals surface area contributed by atoms with Crippen LogP contribution in [0.4, 0.5) is 0 Å². The first-order valence-corrected chi connectivity index (χ1v) is 5.78. The van der Waals surface area contributed by atoms with Gasteiger partial charge in [0, 0.05) is 19.6 Å². The van der Waals surface area contributed by atoms with Crippen LogP contribution in [0.3, 0.4) is 0 Å². The molecule has 1 aromatic rings. The van der Waals surface area contributed by atoms with Crippen molar-refractivity contribution in [2.45, 2.75) is 26.1 Å². The van der Waals surface area contributed by atoms with Gasteiger partial charge in [-0.05, 0) is 6.92 Å². The molecule has 0 aromatic carbocycles. The largest absolute Gasteiger partial charge is 0.353 e. The fourth-order valence-electron chi connectivity index (χ4n) is 1.86. The highest BCUT2D eigenvalue weighted by Crippen LogP contribution is 2.05. The van der Waals surface area contributed by atoms with Gasteiger partial charge in [0.2, 0.25) is 11.8 Å². The Morgan fingerprint density at radius 1 is 1.67 bits per heavy atom. The summed E-state index contributed by atoms with van der Waals surface area (Å²) in [7, 11) is 0. The summed E-state index contributed by atoms with van der Waals surface area (Å²) in [5.74, 6) is -0.276. The van der Waals surface area contributed by atoms with Crippen molar-refractivity contribution < 1.29 is 9.59 Å². The van der Waals surface area contributed by atoms with Crippen LogP contribution < -0.4 is 11.1 Å². The molecule has 1 fully saturated rings. The Labute approximate surface area is 104 Å². The van der Waals surface area contributed by atoms with Crippen molar-refractivity contribution >= 4 is 11.8 Å². The normalized spacial score (nSPS) is 19.8. The molecule has 2 rings (SSSR count). The van der Waals surface area contributed by atoms with Crippen molar-refractivity contribution in [1.29, 1.82) is 0 Å². The van der Waals surface area contributed by atoms with Crippen LogP contribution in [0.25, 0.3) is 0 Å². The van der Waals surface area contributed by atoms with Crippen LogP contribution in [0.1, 0.15) is 12.6 Å². The third kappa shape index (κ3) is 2.48. The Morgan fingerprint density at radius 3 is 3.11 bits per heavy atom. The van der Waals surface area contributed by atoms with E-state index in [1.54, 1.807) is 18.0 Å². The van der Waals surface area contributed by atoms with Crippen molar-refractivity contribution in [3.8, 4) is 0 Å². The number of nitrogens with zero attached hydrogens (tertiary/aromatic N) is 4. The van der Waals surface area contributed by atoms with Crippen LogP contribution in [-0.4, -0.2) is 50.8 Å². The fraction of sp³-hybridized carbons (Fsp3) is 0.600. The fourth-order valence-corrected chi connectivity index (χ4v) is 1.86. The van der Waals surface area contributed by atoms with Crippen LogP contribution in [0, 0.1) is 0 Å². The van der Waals surface area contributed by atoms with Crippen molar-refractivity contribution in [3.05, 3.63) is 11.9 Å². The molecule has 1 saturated heterocycles. The second kappa shape index (κ2) is 5.13. The maximum Gasteiger partial charge on any atom is 0.245 e. The molecule has 0 radical (unpaired) electrons. The summed E-state index contributed by atoms with van der Waals surface area (Å²) in [5, 5.41) is 10.3. The van der Waals surface area contributed by atoms with E-state index < -0.39 is 6.04 Å². The number of piperazine rings is 1. The van der Waals surface area contributed by atoms with Crippen LogP contribution in [0.5, 0.6) is 0 Å². The number of carbonyl (C=O) groups excluding carboxylic acids is 2. The van der Waals surface area contributed by atoms with Gasteiger partial charge in [0.25, 0.3) is 0 Å². The van der Waals surface area contributed by atoms with Crippen molar-refractivity contribution in [2.75, 3.05) is 13.1 Å². The number of carbonyl (C=O) groups is 2. The van der Waals surface area contributed by atoms with Crippen LogP contribution in [-0.2, 0) is 22.7 Å². The van der Waals surface area contributed by atoms with Gasteiger partial charge in [-0.2, -0.15) is 0 Å². The Kier molecular flexibility index (Phi) is 3.56. The standard InChI is InChI=1S/C10H16N6O2/c1-7-10(18)12-2-3-16(7)9(17)6-15-5-8(4-11)13-14-15/h5,7H,2-4,6,11H2,1H3,(H,12,18). The van der Waals surface area contributed by atoms with Gasteiger partial charge in [0.1, 0.15) is 12.6 Å². The molecular formula is C10H16N6O2. The zero-order chi connectivity index (χ0) is 13.1. The number of amides is 2. The molecule has 0 saturated carbocycles. The van der Waals surface area contributed by atoms with Crippen LogP contribution in [0.15, 0.2) is 6.20 Å². The zero-order valence-electron chi connectivity index (χ0n) is 10.2. The van der Waals surface area contributed by atoms with E-state index in [0.717, 1.165) is 0 Å². The summed E-state index contributed by atoms with van der Waals surface area (Å²) in [6.07, 6.45) is 1.63. The molecule has 18 heavy (non-hydrogen) atoms. The average molecular weight is 252 g/mol. The van der Waals surface area contributed by atoms with Gasteiger partial charge < -0.3 is 16.0 Å². The van der Waals surface area contributed by atoms with Crippen LogP contribution in [0.2, 0.25) is 0 Å². The lowest BCUT2D eigenvalue weighted by Crippen LogP contribution is -2.56. The van der Waals surface area contributed by atoms with Crippen LogP contribution >= 0.6 is 0 Å². The second-order valence-corrected chi connectivity index (χ2v) is 4.17. The molecule has 2 amide bonds. The molecule has 0 spiro atoms. The van der Waals surface area contributed by atoms with E-state index in [-0.39, 0.29) is 24.9 Å². The van der Waals surface area contributed by atoms with E-state index in [1.807, 2.05) is 0 Å². The molecule has 0 bridgehead atoms. The second-order valence-electron chi connectivity index (χ2n) is 4.17. The van der Waals surface area contributed by atoms with Gasteiger partial charge >= 0.3 is 0 Å². The molecule has 8 heteroatoms. The Hall–Kier alpha value is -1.96. The lowest BCUT2D eigenvalue weighted by atomic mass is 10.2. The van der Waals surface area contributed by atoms with Gasteiger partial charge in [0.15, 0.2) is 0 Å². The average Bonchev–Trinajstić information content (AvgIpc) is 2.80. The monoisotopic (exact) mass is 252 g/mol. The Balaban J connectivity index is 2.00. The van der Waals surface area contributed by atoms with Gasteiger partial charge in [-0.15, -0.1) is 5.10 Å². The summed E-state index contributed by atoms with van der Waals surface area (Å²) in [6, 6.07) is -0.441. The summed E-state index contributed by atoms with van der Waals surface area (Å²) in [5.41, 5.74) is 6.04. The number of hydrogen-bond donors (Lipinski definition) is 2. The summed E-state index contributed by atoms with van der Waals surface area (Å²) >= 11 is 0. The van der Waals surface area contributed by atoms with Crippen molar-refractivity contribution in [3.63, 3.8) is 0 Å². The molecule has 1 aliphatic heterocycles. The third-order valence-corrected chi connectivity index (χ3v) is 2.91. The first-order chi connectivity index (χ1) is 8.61. The minimum Gasteiger partial charge on any atom is -0.353 e. The molecule has 8 nitrogen and oxygen atoms in total. The Morgan fingerprint density at radius 2 is 2.44 bits per heavy atom. The number of aromatic nitrogens is 3.